The number of halogens is 1. The molecule has 0 saturated heterocycles. The standard InChI is InChI=1S/C32H32FN3O7S/c1-42-27-13-7-23(8-14-27)21-36(31(32(39)34-19-20-37)24-5-3-2-4-6-24)30(38)22-43-28-15-17-29(18-16-28)44(40,41)35-26-11-9-25(33)10-12-26/h2-18,31,35,37H,19-22H2,1H3,(H,34,39)/t31-/m0/s1. The van der Waals surface area contributed by atoms with Gasteiger partial charge >= 0.3 is 0 Å². The van der Waals surface area contributed by atoms with Crippen LogP contribution in [0.3, 0.4) is 0 Å². The Morgan fingerprint density at radius 3 is 2.14 bits per heavy atom. The van der Waals surface area contributed by atoms with Gasteiger partial charge in [0, 0.05) is 18.8 Å². The number of nitrogens with one attached hydrogen (secondary N) is 2. The zero-order valence-corrected chi connectivity index (χ0v) is 24.7. The molecule has 4 rings (SSSR count). The molecule has 0 aromatic heterocycles. The number of hydrogen-bond acceptors (Lipinski definition) is 7. The van der Waals surface area contributed by atoms with Crippen LogP contribution in [0.5, 0.6) is 11.5 Å². The first-order chi connectivity index (χ1) is 21.2. The van der Waals surface area contributed by atoms with Crippen LogP contribution in [0, 0.1) is 5.82 Å². The second-order valence-corrected chi connectivity index (χ2v) is 11.3. The number of sulfonamides is 1. The molecule has 4 aromatic carbocycles. The molecule has 2 amide bonds. The van der Waals surface area contributed by atoms with Crippen molar-refractivity contribution in [3.63, 3.8) is 0 Å². The van der Waals surface area contributed by atoms with Crippen LogP contribution in [-0.2, 0) is 26.2 Å². The maximum Gasteiger partial charge on any atom is 0.261 e. The average molecular weight is 622 g/mol. The minimum Gasteiger partial charge on any atom is -0.497 e. The highest BCUT2D eigenvalue weighted by Gasteiger charge is 2.31. The maximum absolute atomic E-state index is 13.7. The molecule has 3 N–H and O–H groups in total. The van der Waals surface area contributed by atoms with Gasteiger partial charge in [-0.15, -0.1) is 0 Å². The minimum absolute atomic E-state index is 0.00844. The molecule has 0 aliphatic heterocycles. The minimum atomic E-state index is -3.96. The predicted octanol–water partition coefficient (Wildman–Crippen LogP) is 3.89. The second-order valence-electron chi connectivity index (χ2n) is 9.57. The number of aliphatic hydroxyl groups excluding tert-OH is 1. The molecule has 230 valence electrons. The Morgan fingerprint density at radius 2 is 1.52 bits per heavy atom. The molecule has 0 fully saturated rings. The first kappa shape index (κ1) is 32.0. The molecule has 44 heavy (non-hydrogen) atoms. The summed E-state index contributed by atoms with van der Waals surface area (Å²) >= 11 is 0. The maximum atomic E-state index is 13.7. The summed E-state index contributed by atoms with van der Waals surface area (Å²) in [7, 11) is -2.42. The number of aliphatic hydroxyl groups is 1. The van der Waals surface area contributed by atoms with Gasteiger partial charge in [0.2, 0.25) is 5.91 Å². The summed E-state index contributed by atoms with van der Waals surface area (Å²) in [6, 6.07) is 25.1. The molecule has 1 atom stereocenters. The number of methoxy groups -OCH3 is 1. The number of nitrogens with zero attached hydrogens (tertiary/aromatic N) is 1. The molecule has 0 heterocycles. The van der Waals surface area contributed by atoms with Crippen molar-refractivity contribution in [2.24, 2.45) is 0 Å². The monoisotopic (exact) mass is 621 g/mol. The van der Waals surface area contributed by atoms with Crippen LogP contribution < -0.4 is 19.5 Å². The lowest BCUT2D eigenvalue weighted by Gasteiger charge is -2.31. The smallest absolute Gasteiger partial charge is 0.261 e. The number of amides is 2. The highest BCUT2D eigenvalue weighted by atomic mass is 32.2. The Hall–Kier alpha value is -4.94. The Bertz CT molecular complexity index is 1630. The molecule has 0 radical (unpaired) electrons. The fourth-order valence-corrected chi connectivity index (χ4v) is 5.37. The van der Waals surface area contributed by atoms with E-state index in [0.29, 0.717) is 11.3 Å². The third-order valence-corrected chi connectivity index (χ3v) is 7.91. The summed E-state index contributed by atoms with van der Waals surface area (Å²) in [6.07, 6.45) is 0. The lowest BCUT2D eigenvalue weighted by atomic mass is 10.0. The molecule has 0 aliphatic rings. The number of benzene rings is 4. The molecule has 4 aromatic rings. The molecule has 0 unspecified atom stereocenters. The number of carbonyl (C=O) groups is 2. The lowest BCUT2D eigenvalue weighted by Crippen LogP contribution is -2.45. The zero-order chi connectivity index (χ0) is 31.5. The van der Waals surface area contributed by atoms with Crippen LogP contribution in [0.4, 0.5) is 10.1 Å². The van der Waals surface area contributed by atoms with Crippen molar-refractivity contribution in [3.8, 4) is 11.5 Å². The second kappa shape index (κ2) is 15.0. The van der Waals surface area contributed by atoms with Crippen LogP contribution in [-0.4, -0.2) is 57.1 Å². The van der Waals surface area contributed by atoms with Crippen LogP contribution in [0.1, 0.15) is 17.2 Å². The Morgan fingerprint density at radius 1 is 0.886 bits per heavy atom. The third-order valence-electron chi connectivity index (χ3n) is 6.51. The number of ether oxygens (including phenoxy) is 2. The van der Waals surface area contributed by atoms with E-state index < -0.39 is 40.3 Å². The van der Waals surface area contributed by atoms with E-state index in [4.69, 9.17) is 9.47 Å². The number of rotatable bonds is 14. The summed E-state index contributed by atoms with van der Waals surface area (Å²) in [4.78, 5) is 28.4. The molecule has 0 spiro atoms. The van der Waals surface area contributed by atoms with E-state index >= 15 is 0 Å². The van der Waals surface area contributed by atoms with Gasteiger partial charge in [-0.3, -0.25) is 14.3 Å². The van der Waals surface area contributed by atoms with Gasteiger partial charge in [0.25, 0.3) is 15.9 Å². The van der Waals surface area contributed by atoms with E-state index in [-0.39, 0.29) is 36.0 Å². The van der Waals surface area contributed by atoms with E-state index in [1.54, 1.807) is 61.7 Å². The van der Waals surface area contributed by atoms with Crippen molar-refractivity contribution in [2.45, 2.75) is 17.5 Å². The van der Waals surface area contributed by atoms with Gasteiger partial charge in [-0.25, -0.2) is 12.8 Å². The lowest BCUT2D eigenvalue weighted by molar-refractivity contribution is -0.143. The van der Waals surface area contributed by atoms with Crippen molar-refractivity contribution >= 4 is 27.5 Å². The van der Waals surface area contributed by atoms with E-state index in [1.807, 2.05) is 0 Å². The number of carbonyl (C=O) groups excluding carboxylic acids is 2. The van der Waals surface area contributed by atoms with E-state index in [1.165, 1.54) is 41.3 Å². The molecule has 12 heteroatoms. The van der Waals surface area contributed by atoms with E-state index in [0.717, 1.165) is 17.7 Å². The Labute approximate surface area is 255 Å². The van der Waals surface area contributed by atoms with Gasteiger partial charge in [-0.05, 0) is 71.8 Å². The van der Waals surface area contributed by atoms with Gasteiger partial charge in [-0.2, -0.15) is 0 Å². The van der Waals surface area contributed by atoms with E-state index in [2.05, 4.69) is 10.0 Å². The fraction of sp³-hybridized carbons (Fsp3) is 0.188. The SMILES string of the molecule is COc1ccc(CN(C(=O)COc2ccc(S(=O)(=O)Nc3ccc(F)cc3)cc2)[C@H](C(=O)NCCO)c2ccccc2)cc1. The third kappa shape index (κ3) is 8.55. The summed E-state index contributed by atoms with van der Waals surface area (Å²) in [5.41, 5.74) is 1.50. The molecular formula is C32H32FN3O7S. The summed E-state index contributed by atoms with van der Waals surface area (Å²) in [5.74, 6) is -0.621. The summed E-state index contributed by atoms with van der Waals surface area (Å²) in [5, 5.41) is 11.9. The zero-order valence-electron chi connectivity index (χ0n) is 23.9. The van der Waals surface area contributed by atoms with Crippen LogP contribution in [0.2, 0.25) is 0 Å². The van der Waals surface area contributed by atoms with Gasteiger partial charge in [0.05, 0.1) is 18.6 Å². The Kier molecular flexibility index (Phi) is 10.9. The van der Waals surface area contributed by atoms with Crippen LogP contribution >= 0.6 is 0 Å². The molecule has 10 nitrogen and oxygen atoms in total. The highest BCUT2D eigenvalue weighted by Crippen LogP contribution is 2.26. The fourth-order valence-electron chi connectivity index (χ4n) is 4.31. The van der Waals surface area contributed by atoms with Crippen LogP contribution in [0.25, 0.3) is 0 Å². The van der Waals surface area contributed by atoms with Gasteiger partial charge < -0.3 is 24.8 Å². The number of hydrogen-bond donors (Lipinski definition) is 3. The molecule has 0 bridgehead atoms. The van der Waals surface area contributed by atoms with Crippen molar-refractivity contribution in [2.75, 3.05) is 31.6 Å². The Balaban J connectivity index is 1.54. The quantitative estimate of drug-likeness (QED) is 0.195. The van der Waals surface area contributed by atoms with Crippen molar-refractivity contribution in [3.05, 3.63) is 120 Å². The normalized spacial score (nSPS) is 11.7. The topological polar surface area (TPSA) is 134 Å². The van der Waals surface area contributed by atoms with Crippen molar-refractivity contribution < 1.29 is 37.0 Å². The van der Waals surface area contributed by atoms with Gasteiger partial charge in [0.15, 0.2) is 6.61 Å². The van der Waals surface area contributed by atoms with Gasteiger partial charge in [-0.1, -0.05) is 42.5 Å². The summed E-state index contributed by atoms with van der Waals surface area (Å²) < 4.78 is 52.0. The van der Waals surface area contributed by atoms with Crippen LogP contribution in [0.15, 0.2) is 108 Å². The summed E-state index contributed by atoms with van der Waals surface area (Å²) in [6.45, 7) is -0.653. The molecule has 0 saturated carbocycles. The molecular weight excluding hydrogens is 589 g/mol. The van der Waals surface area contributed by atoms with Crippen molar-refractivity contribution in [1.82, 2.24) is 10.2 Å². The van der Waals surface area contributed by atoms with Gasteiger partial charge in [0.1, 0.15) is 23.4 Å². The first-order valence-electron chi connectivity index (χ1n) is 13.6. The van der Waals surface area contributed by atoms with Crippen molar-refractivity contribution in [1.29, 1.82) is 0 Å². The van der Waals surface area contributed by atoms with E-state index in [9.17, 15) is 27.5 Å². The molecule has 0 aliphatic carbocycles. The number of anilines is 1. The highest BCUT2D eigenvalue weighted by molar-refractivity contribution is 7.92. The first-order valence-corrected chi connectivity index (χ1v) is 15.1. The average Bonchev–Trinajstić information content (AvgIpc) is 3.04. The predicted molar refractivity (Wildman–Crippen MR) is 162 cm³/mol. The largest absolute Gasteiger partial charge is 0.497 e.